The lowest BCUT2D eigenvalue weighted by molar-refractivity contribution is -0.124. The minimum absolute atomic E-state index is 0.0542. The Hall–Kier alpha value is -1.56. The first-order valence-corrected chi connectivity index (χ1v) is 8.56. The van der Waals surface area contributed by atoms with Crippen molar-refractivity contribution < 1.29 is 9.53 Å². The summed E-state index contributed by atoms with van der Waals surface area (Å²) in [5, 5.41) is 3.10. The number of para-hydroxylation sites is 1. The Morgan fingerprint density at radius 1 is 1.18 bits per heavy atom. The smallest absolute Gasteiger partial charge is 0.258 e. The molecule has 3 nitrogen and oxygen atoms in total. The second-order valence-corrected chi connectivity index (χ2v) is 6.59. The second-order valence-electron chi connectivity index (χ2n) is 5.43. The lowest BCUT2D eigenvalue weighted by Crippen LogP contribution is -2.34. The number of fused-ring (bicyclic) bond motifs is 1. The van der Waals surface area contributed by atoms with Gasteiger partial charge in [-0.3, -0.25) is 4.79 Å². The molecule has 114 valence electrons. The van der Waals surface area contributed by atoms with Crippen LogP contribution in [0.1, 0.15) is 30.0 Å². The molecule has 1 N–H and O–H groups in total. The third kappa shape index (κ3) is 3.61. The minimum atomic E-state index is -0.0682. The van der Waals surface area contributed by atoms with E-state index in [1.54, 1.807) is 0 Å². The van der Waals surface area contributed by atoms with Crippen molar-refractivity contribution in [2.24, 2.45) is 0 Å². The summed E-state index contributed by atoms with van der Waals surface area (Å²) in [4.78, 5) is 12.2. The third-order valence-electron chi connectivity index (χ3n) is 3.90. The van der Waals surface area contributed by atoms with Gasteiger partial charge in [0.2, 0.25) is 0 Å². The van der Waals surface area contributed by atoms with Gasteiger partial charge in [-0.25, -0.2) is 0 Å². The molecule has 0 spiro atoms. The molecule has 1 aliphatic carbocycles. The molecule has 0 aromatic heterocycles. The van der Waals surface area contributed by atoms with E-state index < -0.39 is 0 Å². The summed E-state index contributed by atoms with van der Waals surface area (Å²) >= 11 is 2.21. The molecule has 1 unspecified atom stereocenters. The third-order valence-corrected chi connectivity index (χ3v) is 4.79. The van der Waals surface area contributed by atoms with E-state index in [0.29, 0.717) is 0 Å². The molecule has 0 saturated carbocycles. The molecule has 4 heteroatoms. The molecule has 0 radical (unpaired) electrons. The molecule has 1 amide bonds. The zero-order chi connectivity index (χ0) is 15.4. The molecule has 22 heavy (non-hydrogen) atoms. The van der Waals surface area contributed by atoms with Crippen LogP contribution < -0.4 is 10.1 Å². The van der Waals surface area contributed by atoms with Gasteiger partial charge in [0.05, 0.1) is 9.61 Å². The molecule has 2 aromatic carbocycles. The largest absolute Gasteiger partial charge is 0.483 e. The fraction of sp³-hybridized carbons (Fsp3) is 0.278. The number of aryl methyl sites for hydroxylation is 1. The predicted octanol–water partition coefficient (Wildman–Crippen LogP) is 3.86. The molecule has 1 aliphatic rings. The van der Waals surface area contributed by atoms with Crippen molar-refractivity contribution in [1.82, 2.24) is 5.32 Å². The van der Waals surface area contributed by atoms with Gasteiger partial charge in [-0.2, -0.15) is 0 Å². The fourth-order valence-corrected chi connectivity index (χ4v) is 3.39. The maximum Gasteiger partial charge on any atom is 0.258 e. The molecule has 1 atom stereocenters. The zero-order valence-corrected chi connectivity index (χ0v) is 14.4. The molecule has 2 aromatic rings. The SMILES string of the molecule is O=C(COc1ccccc1I)NC1CCCc2ccccc21. The summed E-state index contributed by atoms with van der Waals surface area (Å²) in [7, 11) is 0. The first kappa shape index (κ1) is 15.3. The van der Waals surface area contributed by atoms with Crippen molar-refractivity contribution >= 4 is 28.5 Å². The Labute approximate surface area is 144 Å². The average molecular weight is 407 g/mol. The Morgan fingerprint density at radius 3 is 2.82 bits per heavy atom. The van der Waals surface area contributed by atoms with Gasteiger partial charge < -0.3 is 10.1 Å². The lowest BCUT2D eigenvalue weighted by atomic mass is 9.88. The Kier molecular flexibility index (Phi) is 4.97. The van der Waals surface area contributed by atoms with E-state index in [-0.39, 0.29) is 18.6 Å². The van der Waals surface area contributed by atoms with Gasteiger partial charge in [-0.05, 0) is 65.1 Å². The number of nitrogens with one attached hydrogen (secondary N) is 1. The highest BCUT2D eigenvalue weighted by Crippen LogP contribution is 2.29. The van der Waals surface area contributed by atoms with Gasteiger partial charge in [-0.15, -0.1) is 0 Å². The van der Waals surface area contributed by atoms with E-state index in [1.165, 1.54) is 11.1 Å². The molecular weight excluding hydrogens is 389 g/mol. The normalized spacial score (nSPS) is 16.7. The number of benzene rings is 2. The fourth-order valence-electron chi connectivity index (χ4n) is 2.84. The molecule has 3 rings (SSSR count). The number of amides is 1. The highest BCUT2D eigenvalue weighted by atomic mass is 127. The van der Waals surface area contributed by atoms with Crippen LogP contribution in [-0.2, 0) is 11.2 Å². The van der Waals surface area contributed by atoms with E-state index in [1.807, 2.05) is 30.3 Å². The molecule has 0 bridgehead atoms. The van der Waals surface area contributed by atoms with Crippen molar-refractivity contribution in [3.63, 3.8) is 0 Å². The summed E-state index contributed by atoms with van der Waals surface area (Å²) in [6, 6.07) is 16.2. The van der Waals surface area contributed by atoms with Crippen molar-refractivity contribution in [1.29, 1.82) is 0 Å². The maximum absolute atomic E-state index is 12.2. The summed E-state index contributed by atoms with van der Waals surface area (Å²) < 4.78 is 6.62. The van der Waals surface area contributed by atoms with E-state index >= 15 is 0 Å². The quantitative estimate of drug-likeness (QED) is 0.782. The van der Waals surface area contributed by atoms with E-state index in [9.17, 15) is 4.79 Å². The van der Waals surface area contributed by atoms with Crippen LogP contribution in [0, 0.1) is 3.57 Å². The number of hydrogen-bond donors (Lipinski definition) is 1. The number of carbonyl (C=O) groups is 1. The summed E-state index contributed by atoms with van der Waals surface area (Å²) in [6.07, 6.45) is 3.20. The minimum Gasteiger partial charge on any atom is -0.483 e. The van der Waals surface area contributed by atoms with E-state index in [0.717, 1.165) is 28.6 Å². The van der Waals surface area contributed by atoms with Gasteiger partial charge >= 0.3 is 0 Å². The maximum atomic E-state index is 12.2. The summed E-state index contributed by atoms with van der Waals surface area (Å²) in [5.74, 6) is 0.684. The van der Waals surface area contributed by atoms with Crippen LogP contribution >= 0.6 is 22.6 Å². The Balaban J connectivity index is 1.60. The van der Waals surface area contributed by atoms with Crippen molar-refractivity contribution in [2.75, 3.05) is 6.61 Å². The summed E-state index contributed by atoms with van der Waals surface area (Å²) in [6.45, 7) is 0.0542. The first-order chi connectivity index (χ1) is 10.7. The molecular formula is C18H18INO2. The van der Waals surface area contributed by atoms with E-state index in [2.05, 4.69) is 46.1 Å². The first-order valence-electron chi connectivity index (χ1n) is 7.48. The van der Waals surface area contributed by atoms with Crippen LogP contribution in [0.15, 0.2) is 48.5 Å². The van der Waals surface area contributed by atoms with Crippen LogP contribution in [-0.4, -0.2) is 12.5 Å². The average Bonchev–Trinajstić information content (AvgIpc) is 2.54. The van der Waals surface area contributed by atoms with Crippen LogP contribution in [0.2, 0.25) is 0 Å². The molecule has 0 saturated heterocycles. The number of rotatable bonds is 4. The van der Waals surface area contributed by atoms with Crippen LogP contribution in [0.4, 0.5) is 0 Å². The van der Waals surface area contributed by atoms with Gasteiger partial charge in [0, 0.05) is 0 Å². The van der Waals surface area contributed by atoms with Gasteiger partial charge in [-0.1, -0.05) is 36.4 Å². The highest BCUT2D eigenvalue weighted by molar-refractivity contribution is 14.1. The Bertz CT molecular complexity index is 672. The molecule has 0 heterocycles. The van der Waals surface area contributed by atoms with Gasteiger partial charge in [0.25, 0.3) is 5.91 Å². The van der Waals surface area contributed by atoms with Gasteiger partial charge in [0.15, 0.2) is 6.61 Å². The number of carbonyl (C=O) groups excluding carboxylic acids is 1. The van der Waals surface area contributed by atoms with Crippen molar-refractivity contribution in [2.45, 2.75) is 25.3 Å². The van der Waals surface area contributed by atoms with Crippen LogP contribution in [0.3, 0.4) is 0 Å². The lowest BCUT2D eigenvalue weighted by Gasteiger charge is -2.26. The van der Waals surface area contributed by atoms with Crippen molar-refractivity contribution in [3.8, 4) is 5.75 Å². The molecule has 0 aliphatic heterocycles. The number of halogens is 1. The number of ether oxygens (including phenoxy) is 1. The van der Waals surface area contributed by atoms with Crippen LogP contribution in [0.5, 0.6) is 5.75 Å². The van der Waals surface area contributed by atoms with Crippen molar-refractivity contribution in [3.05, 3.63) is 63.2 Å². The standard InChI is InChI=1S/C18H18INO2/c19-15-9-3-4-11-17(15)22-12-18(21)20-16-10-5-7-13-6-1-2-8-14(13)16/h1-4,6,8-9,11,16H,5,7,10,12H2,(H,20,21). The predicted molar refractivity (Wildman–Crippen MR) is 94.9 cm³/mol. The summed E-state index contributed by atoms with van der Waals surface area (Å²) in [5.41, 5.74) is 2.59. The topological polar surface area (TPSA) is 38.3 Å². The highest BCUT2D eigenvalue weighted by Gasteiger charge is 2.21. The zero-order valence-electron chi connectivity index (χ0n) is 12.2. The van der Waals surface area contributed by atoms with Crippen LogP contribution in [0.25, 0.3) is 0 Å². The van der Waals surface area contributed by atoms with E-state index in [4.69, 9.17) is 4.74 Å². The number of hydrogen-bond acceptors (Lipinski definition) is 2. The monoisotopic (exact) mass is 407 g/mol. The second kappa shape index (κ2) is 7.13. The van der Waals surface area contributed by atoms with Gasteiger partial charge in [0.1, 0.15) is 5.75 Å². The molecule has 0 fully saturated rings. The Morgan fingerprint density at radius 2 is 1.95 bits per heavy atom.